The van der Waals surface area contributed by atoms with Gasteiger partial charge in [0.15, 0.2) is 4.80 Å². The molecule has 22 heavy (non-hydrogen) atoms. The van der Waals surface area contributed by atoms with Gasteiger partial charge < -0.3 is 0 Å². The van der Waals surface area contributed by atoms with Crippen LogP contribution in [0.3, 0.4) is 0 Å². The zero-order valence-corrected chi connectivity index (χ0v) is 14.9. The van der Waals surface area contributed by atoms with E-state index in [1.165, 1.54) is 11.3 Å². The molecule has 114 valence electrons. The molecule has 1 heterocycles. The number of benzene rings is 2. The second-order valence-electron chi connectivity index (χ2n) is 4.36. The first-order valence-electron chi connectivity index (χ1n) is 6.03. The number of rotatable bonds is 2. The van der Waals surface area contributed by atoms with Crippen LogP contribution >= 0.6 is 58.5 Å². The Morgan fingerprint density at radius 2 is 1.55 bits per heavy atom. The van der Waals surface area contributed by atoms with Gasteiger partial charge >= 0.3 is 0 Å². The first-order chi connectivity index (χ1) is 10.1. The van der Waals surface area contributed by atoms with Gasteiger partial charge in [-0.15, -0.1) is 23.7 Å². The molecule has 0 amide bonds. The minimum absolute atomic E-state index is 0. The molecule has 0 bridgehead atoms. The Morgan fingerprint density at radius 1 is 0.909 bits per heavy atom. The summed E-state index contributed by atoms with van der Waals surface area (Å²) in [6, 6.07) is 12.7. The molecule has 0 aliphatic rings. The van der Waals surface area contributed by atoms with Crippen LogP contribution in [0.4, 0.5) is 0 Å². The Balaban J connectivity index is 0.00000176. The number of hydrogen-bond donors (Lipinski definition) is 1. The fraction of sp³-hybridized carbons (Fsp3) is 0. The van der Waals surface area contributed by atoms with Gasteiger partial charge in [0.2, 0.25) is 0 Å². The lowest BCUT2D eigenvalue weighted by molar-refractivity contribution is 0.987. The third-order valence-electron chi connectivity index (χ3n) is 3.02. The summed E-state index contributed by atoms with van der Waals surface area (Å²) in [6.45, 7) is 0. The third kappa shape index (κ3) is 3.34. The fourth-order valence-corrected chi connectivity index (χ4v) is 3.43. The van der Waals surface area contributed by atoms with Gasteiger partial charge in [-0.05, 0) is 35.9 Å². The van der Waals surface area contributed by atoms with Crippen LogP contribution in [-0.2, 0) is 0 Å². The van der Waals surface area contributed by atoms with E-state index in [-0.39, 0.29) is 12.4 Å². The molecular weight excluding hydrogens is 382 g/mol. The molecule has 7 heteroatoms. The van der Waals surface area contributed by atoms with Crippen molar-refractivity contribution >= 4 is 58.5 Å². The van der Waals surface area contributed by atoms with Crippen molar-refractivity contribution in [1.82, 2.24) is 4.57 Å². The summed E-state index contributed by atoms with van der Waals surface area (Å²) in [6.07, 6.45) is 0. The van der Waals surface area contributed by atoms with E-state index in [4.69, 9.17) is 40.2 Å². The molecule has 2 aromatic carbocycles. The SMILES string of the molecule is Cl.N=c1scc(-c2ccc(Cl)cc2)n1-c1ccc(Cl)cc1Cl. The van der Waals surface area contributed by atoms with Gasteiger partial charge in [0, 0.05) is 15.4 Å². The Labute approximate surface area is 152 Å². The summed E-state index contributed by atoms with van der Waals surface area (Å²) in [5.41, 5.74) is 2.60. The summed E-state index contributed by atoms with van der Waals surface area (Å²) >= 11 is 19.5. The van der Waals surface area contributed by atoms with Gasteiger partial charge in [0.05, 0.1) is 16.4 Å². The topological polar surface area (TPSA) is 28.8 Å². The molecule has 2 nitrogen and oxygen atoms in total. The van der Waals surface area contributed by atoms with Crippen LogP contribution in [0.1, 0.15) is 0 Å². The van der Waals surface area contributed by atoms with E-state index in [9.17, 15) is 0 Å². The van der Waals surface area contributed by atoms with Gasteiger partial charge in [-0.25, -0.2) is 0 Å². The highest BCUT2D eigenvalue weighted by atomic mass is 35.5. The van der Waals surface area contributed by atoms with E-state index in [2.05, 4.69) is 0 Å². The Bertz CT molecular complexity index is 853. The molecule has 0 unspecified atom stereocenters. The highest BCUT2D eigenvalue weighted by Gasteiger charge is 2.12. The predicted molar refractivity (Wildman–Crippen MR) is 97.2 cm³/mol. The second-order valence-corrected chi connectivity index (χ2v) is 6.50. The van der Waals surface area contributed by atoms with Crippen LogP contribution in [0, 0.1) is 5.41 Å². The lowest BCUT2D eigenvalue weighted by Gasteiger charge is -2.11. The number of aromatic nitrogens is 1. The molecule has 3 rings (SSSR count). The van der Waals surface area contributed by atoms with Crippen LogP contribution in [0.2, 0.25) is 15.1 Å². The highest BCUT2D eigenvalue weighted by molar-refractivity contribution is 7.07. The van der Waals surface area contributed by atoms with Crippen molar-refractivity contribution in [2.24, 2.45) is 0 Å². The standard InChI is InChI=1S/C15H9Cl3N2S.ClH/c16-10-3-1-9(2-4-10)14-8-21-15(19)20(14)13-6-5-11(17)7-12(13)18;/h1-8,19H;1H. The molecule has 1 aromatic heterocycles. The molecule has 3 aromatic rings. The quantitative estimate of drug-likeness (QED) is 0.549. The summed E-state index contributed by atoms with van der Waals surface area (Å²) in [5, 5.41) is 11.8. The average molecular weight is 392 g/mol. The molecule has 0 atom stereocenters. The van der Waals surface area contributed by atoms with Gasteiger partial charge in [-0.1, -0.05) is 46.9 Å². The van der Waals surface area contributed by atoms with Gasteiger partial charge in [0.1, 0.15) is 0 Å². The Kier molecular flexibility index (Phi) is 5.59. The monoisotopic (exact) mass is 390 g/mol. The van der Waals surface area contributed by atoms with Crippen LogP contribution < -0.4 is 4.80 Å². The summed E-state index contributed by atoms with van der Waals surface area (Å²) in [4.78, 5) is 0.393. The van der Waals surface area contributed by atoms with E-state index >= 15 is 0 Å². The van der Waals surface area contributed by atoms with Crippen LogP contribution in [-0.4, -0.2) is 4.57 Å². The van der Waals surface area contributed by atoms with Crippen LogP contribution in [0.15, 0.2) is 47.8 Å². The summed E-state index contributed by atoms with van der Waals surface area (Å²) < 4.78 is 1.80. The normalized spacial score (nSPS) is 10.3. The second kappa shape index (κ2) is 7.07. The fourth-order valence-electron chi connectivity index (χ4n) is 2.05. The number of hydrogen-bond acceptors (Lipinski definition) is 2. The molecule has 0 aliphatic heterocycles. The van der Waals surface area contributed by atoms with Crippen molar-refractivity contribution in [2.45, 2.75) is 0 Å². The smallest absolute Gasteiger partial charge is 0.187 e. The van der Waals surface area contributed by atoms with Crippen molar-refractivity contribution in [3.63, 3.8) is 0 Å². The van der Waals surface area contributed by atoms with E-state index < -0.39 is 0 Å². The van der Waals surface area contributed by atoms with E-state index in [1.54, 1.807) is 16.7 Å². The highest BCUT2D eigenvalue weighted by Crippen LogP contribution is 2.29. The van der Waals surface area contributed by atoms with Crippen molar-refractivity contribution in [3.05, 3.63) is 67.7 Å². The summed E-state index contributed by atoms with van der Waals surface area (Å²) in [5.74, 6) is 0. The maximum absolute atomic E-state index is 8.13. The predicted octanol–water partition coefficient (Wildman–Crippen LogP) is 6.07. The zero-order valence-electron chi connectivity index (χ0n) is 11.0. The van der Waals surface area contributed by atoms with Gasteiger partial charge in [-0.3, -0.25) is 9.98 Å². The number of halogens is 4. The minimum Gasteiger partial charge on any atom is -0.284 e. The van der Waals surface area contributed by atoms with Crippen LogP contribution in [0.25, 0.3) is 16.9 Å². The Morgan fingerprint density at radius 3 is 2.18 bits per heavy atom. The zero-order chi connectivity index (χ0) is 15.0. The Hall–Kier alpha value is -0.970. The first kappa shape index (κ1) is 17.4. The summed E-state index contributed by atoms with van der Waals surface area (Å²) in [7, 11) is 0. The molecule has 1 N–H and O–H groups in total. The van der Waals surface area contributed by atoms with Gasteiger partial charge in [-0.2, -0.15) is 0 Å². The molecule has 0 spiro atoms. The van der Waals surface area contributed by atoms with Crippen molar-refractivity contribution in [1.29, 1.82) is 5.41 Å². The molecule has 0 fully saturated rings. The molecule has 0 saturated heterocycles. The number of nitrogens with zero attached hydrogens (tertiary/aromatic N) is 1. The minimum atomic E-state index is 0. The lowest BCUT2D eigenvalue weighted by atomic mass is 10.1. The largest absolute Gasteiger partial charge is 0.284 e. The van der Waals surface area contributed by atoms with Crippen molar-refractivity contribution in [2.75, 3.05) is 0 Å². The average Bonchev–Trinajstić information content (AvgIpc) is 2.82. The van der Waals surface area contributed by atoms with E-state index in [0.717, 1.165) is 16.9 Å². The maximum atomic E-state index is 8.13. The van der Waals surface area contributed by atoms with Gasteiger partial charge in [0.25, 0.3) is 0 Å². The van der Waals surface area contributed by atoms with E-state index in [1.807, 2.05) is 35.7 Å². The van der Waals surface area contributed by atoms with Crippen molar-refractivity contribution < 1.29 is 0 Å². The number of thiazole rings is 1. The molecule has 0 saturated carbocycles. The first-order valence-corrected chi connectivity index (χ1v) is 8.04. The van der Waals surface area contributed by atoms with Crippen LogP contribution in [0.5, 0.6) is 0 Å². The molecular formula is C15H10Cl4N2S. The molecule has 0 aliphatic carbocycles. The molecule has 0 radical (unpaired) electrons. The van der Waals surface area contributed by atoms with E-state index in [0.29, 0.717) is 19.9 Å². The third-order valence-corrected chi connectivity index (χ3v) is 4.55. The number of nitrogens with one attached hydrogen (secondary N) is 1. The van der Waals surface area contributed by atoms with Crippen molar-refractivity contribution in [3.8, 4) is 16.9 Å². The maximum Gasteiger partial charge on any atom is 0.187 e. The lowest BCUT2D eigenvalue weighted by Crippen LogP contribution is -2.12.